The Balaban J connectivity index is 2.90. The van der Waals surface area contributed by atoms with Crippen LogP contribution < -0.4 is 5.73 Å². The largest absolute Gasteiger partial charge is 0.330 e. The molecule has 1 aromatic rings. The van der Waals surface area contributed by atoms with Gasteiger partial charge >= 0.3 is 0 Å². The summed E-state index contributed by atoms with van der Waals surface area (Å²) >= 11 is 9.13. The molecule has 2 N–H and O–H groups in total. The molecule has 0 saturated carbocycles. The van der Waals surface area contributed by atoms with E-state index in [0.29, 0.717) is 11.6 Å². The number of aromatic nitrogens is 1. The summed E-state index contributed by atoms with van der Waals surface area (Å²) in [6.45, 7) is 0.578. The van der Waals surface area contributed by atoms with Crippen LogP contribution in [-0.4, -0.2) is 11.5 Å². The first-order valence-electron chi connectivity index (χ1n) is 3.24. The Labute approximate surface area is 78.9 Å². The van der Waals surface area contributed by atoms with E-state index in [1.807, 2.05) is 6.07 Å². The molecule has 0 spiro atoms. The van der Waals surface area contributed by atoms with Crippen molar-refractivity contribution in [2.75, 3.05) is 6.54 Å². The van der Waals surface area contributed by atoms with Crippen LogP contribution in [0.15, 0.2) is 16.7 Å². The highest BCUT2D eigenvalue weighted by atomic mass is 79.9. The Hall–Kier alpha value is -0.120. The fourth-order valence-electron chi connectivity index (χ4n) is 0.764. The SMILES string of the molecule is NCCc1ncc(Br)cc1Cl. The van der Waals surface area contributed by atoms with Crippen molar-refractivity contribution in [1.29, 1.82) is 0 Å². The average Bonchev–Trinajstić information content (AvgIpc) is 1.95. The molecular formula is C7H8BrClN2. The Morgan fingerprint density at radius 2 is 2.36 bits per heavy atom. The maximum Gasteiger partial charge on any atom is 0.0633 e. The van der Waals surface area contributed by atoms with Gasteiger partial charge in [-0.05, 0) is 28.5 Å². The van der Waals surface area contributed by atoms with Crippen molar-refractivity contribution in [2.24, 2.45) is 5.73 Å². The summed E-state index contributed by atoms with van der Waals surface area (Å²) in [6, 6.07) is 1.82. The lowest BCUT2D eigenvalue weighted by Crippen LogP contribution is -2.04. The molecule has 1 rings (SSSR count). The lowest BCUT2D eigenvalue weighted by Gasteiger charge is -2.00. The fourth-order valence-corrected chi connectivity index (χ4v) is 1.49. The van der Waals surface area contributed by atoms with E-state index in [4.69, 9.17) is 17.3 Å². The molecule has 60 valence electrons. The van der Waals surface area contributed by atoms with Crippen molar-refractivity contribution in [3.63, 3.8) is 0 Å². The molecule has 0 radical (unpaired) electrons. The van der Waals surface area contributed by atoms with E-state index in [1.165, 1.54) is 0 Å². The highest BCUT2D eigenvalue weighted by Gasteiger charge is 2.00. The van der Waals surface area contributed by atoms with Crippen LogP contribution >= 0.6 is 27.5 Å². The summed E-state index contributed by atoms with van der Waals surface area (Å²) in [7, 11) is 0. The molecule has 4 heteroatoms. The summed E-state index contributed by atoms with van der Waals surface area (Å²) in [6.07, 6.45) is 2.45. The predicted molar refractivity (Wildman–Crippen MR) is 49.7 cm³/mol. The number of nitrogens with zero attached hydrogens (tertiary/aromatic N) is 1. The molecule has 2 nitrogen and oxygen atoms in total. The molecule has 11 heavy (non-hydrogen) atoms. The van der Waals surface area contributed by atoms with Crippen molar-refractivity contribution in [2.45, 2.75) is 6.42 Å². The second-order valence-electron chi connectivity index (χ2n) is 2.12. The Kier molecular flexibility index (Phi) is 3.30. The first-order chi connectivity index (χ1) is 5.24. The van der Waals surface area contributed by atoms with E-state index in [2.05, 4.69) is 20.9 Å². The van der Waals surface area contributed by atoms with Crippen LogP contribution in [0.25, 0.3) is 0 Å². The summed E-state index contributed by atoms with van der Waals surface area (Å²) in [5, 5.41) is 0.671. The fraction of sp³-hybridized carbons (Fsp3) is 0.286. The van der Waals surface area contributed by atoms with Gasteiger partial charge < -0.3 is 5.73 Å². The van der Waals surface area contributed by atoms with E-state index in [1.54, 1.807) is 6.20 Å². The third-order valence-electron chi connectivity index (χ3n) is 1.27. The van der Waals surface area contributed by atoms with Crippen molar-refractivity contribution >= 4 is 27.5 Å². The second-order valence-corrected chi connectivity index (χ2v) is 3.44. The number of nitrogens with two attached hydrogens (primary N) is 1. The highest BCUT2D eigenvalue weighted by Crippen LogP contribution is 2.18. The number of hydrogen-bond acceptors (Lipinski definition) is 2. The third kappa shape index (κ3) is 2.43. The number of rotatable bonds is 2. The van der Waals surface area contributed by atoms with Crippen LogP contribution in [0.1, 0.15) is 5.69 Å². The first-order valence-corrected chi connectivity index (χ1v) is 4.41. The van der Waals surface area contributed by atoms with Crippen LogP contribution in [0.3, 0.4) is 0 Å². The standard InChI is InChI=1S/C7H8BrClN2/c8-5-3-6(9)7(1-2-10)11-4-5/h3-4H,1-2,10H2. The quantitative estimate of drug-likeness (QED) is 0.851. The second kappa shape index (κ2) is 4.04. The molecule has 1 aromatic heterocycles. The van der Waals surface area contributed by atoms with Gasteiger partial charge in [-0.1, -0.05) is 11.6 Å². The molecule has 0 fully saturated rings. The van der Waals surface area contributed by atoms with E-state index >= 15 is 0 Å². The van der Waals surface area contributed by atoms with Gasteiger partial charge in [0.15, 0.2) is 0 Å². The Morgan fingerprint density at radius 1 is 1.64 bits per heavy atom. The summed E-state index contributed by atoms with van der Waals surface area (Å²) in [5.41, 5.74) is 6.22. The predicted octanol–water partition coefficient (Wildman–Crippen LogP) is 2.00. The van der Waals surface area contributed by atoms with Crippen molar-refractivity contribution < 1.29 is 0 Å². The maximum atomic E-state index is 5.86. The molecular weight excluding hydrogens is 227 g/mol. The van der Waals surface area contributed by atoms with Crippen molar-refractivity contribution in [3.05, 3.63) is 27.5 Å². The minimum Gasteiger partial charge on any atom is -0.330 e. The van der Waals surface area contributed by atoms with Gasteiger partial charge in [0.25, 0.3) is 0 Å². The topological polar surface area (TPSA) is 38.9 Å². The van der Waals surface area contributed by atoms with Gasteiger partial charge in [-0.3, -0.25) is 4.98 Å². The van der Waals surface area contributed by atoms with E-state index < -0.39 is 0 Å². The molecule has 0 bridgehead atoms. The molecule has 0 aliphatic rings. The van der Waals surface area contributed by atoms with Crippen LogP contribution in [0.2, 0.25) is 5.02 Å². The Bertz CT molecular complexity index is 252. The van der Waals surface area contributed by atoms with Gasteiger partial charge in [0.2, 0.25) is 0 Å². The lowest BCUT2D eigenvalue weighted by molar-refractivity contribution is 0.922. The van der Waals surface area contributed by atoms with E-state index in [0.717, 1.165) is 16.6 Å². The minimum absolute atomic E-state index is 0.578. The van der Waals surface area contributed by atoms with Gasteiger partial charge in [-0.2, -0.15) is 0 Å². The maximum absolute atomic E-state index is 5.86. The highest BCUT2D eigenvalue weighted by molar-refractivity contribution is 9.10. The van der Waals surface area contributed by atoms with Crippen LogP contribution in [0.4, 0.5) is 0 Å². The minimum atomic E-state index is 0.578. The molecule has 0 amide bonds. The molecule has 0 aliphatic carbocycles. The average molecular weight is 236 g/mol. The van der Waals surface area contributed by atoms with Crippen LogP contribution in [-0.2, 0) is 6.42 Å². The normalized spacial score (nSPS) is 10.1. The first kappa shape index (κ1) is 8.97. The lowest BCUT2D eigenvalue weighted by atomic mass is 10.3. The van der Waals surface area contributed by atoms with Gasteiger partial charge in [0, 0.05) is 17.1 Å². The molecule has 0 atom stereocenters. The van der Waals surface area contributed by atoms with Gasteiger partial charge in [0.1, 0.15) is 0 Å². The Morgan fingerprint density at radius 3 is 2.91 bits per heavy atom. The number of pyridine rings is 1. The molecule has 0 aliphatic heterocycles. The van der Waals surface area contributed by atoms with Gasteiger partial charge in [-0.15, -0.1) is 0 Å². The molecule has 0 unspecified atom stereocenters. The number of hydrogen-bond donors (Lipinski definition) is 1. The smallest absolute Gasteiger partial charge is 0.0633 e. The summed E-state index contributed by atoms with van der Waals surface area (Å²) in [4.78, 5) is 4.11. The zero-order valence-electron chi connectivity index (χ0n) is 5.85. The molecule has 0 aromatic carbocycles. The van der Waals surface area contributed by atoms with E-state index in [-0.39, 0.29) is 0 Å². The van der Waals surface area contributed by atoms with Crippen LogP contribution in [0.5, 0.6) is 0 Å². The van der Waals surface area contributed by atoms with Crippen LogP contribution in [0, 0.1) is 0 Å². The third-order valence-corrected chi connectivity index (χ3v) is 2.03. The monoisotopic (exact) mass is 234 g/mol. The molecule has 1 heterocycles. The molecule has 0 saturated heterocycles. The van der Waals surface area contributed by atoms with Crippen molar-refractivity contribution in [3.8, 4) is 0 Å². The summed E-state index contributed by atoms with van der Waals surface area (Å²) in [5.74, 6) is 0. The zero-order chi connectivity index (χ0) is 8.27. The summed E-state index contributed by atoms with van der Waals surface area (Å²) < 4.78 is 0.892. The zero-order valence-corrected chi connectivity index (χ0v) is 8.19. The van der Waals surface area contributed by atoms with Gasteiger partial charge in [0.05, 0.1) is 10.7 Å². The van der Waals surface area contributed by atoms with Crippen molar-refractivity contribution in [1.82, 2.24) is 4.98 Å². The number of halogens is 2. The van der Waals surface area contributed by atoms with E-state index in [9.17, 15) is 0 Å². The van der Waals surface area contributed by atoms with Gasteiger partial charge in [-0.25, -0.2) is 0 Å².